The molecule has 270 valence electrons. The highest BCUT2D eigenvalue weighted by atomic mass is 16.3. The Bertz CT molecular complexity index is 569. The minimum absolute atomic E-state index is 0.116. The minimum atomic E-state index is -0.649. The predicted octanol–water partition coefficient (Wildman–Crippen LogP) is 12.5. The molecule has 0 aromatic carbocycles. The van der Waals surface area contributed by atoms with Gasteiger partial charge >= 0.3 is 0 Å². The summed E-state index contributed by atoms with van der Waals surface area (Å²) >= 11 is 0. The largest absolute Gasteiger partial charge is 0.394 e. The highest BCUT2D eigenvalue weighted by Crippen LogP contribution is 2.17. The first-order chi connectivity index (χ1) is 22.2. The van der Waals surface area contributed by atoms with Crippen LogP contribution in [-0.2, 0) is 4.79 Å². The second-order valence-corrected chi connectivity index (χ2v) is 14.4. The van der Waals surface area contributed by atoms with Crippen molar-refractivity contribution in [2.24, 2.45) is 0 Å². The zero-order valence-electron chi connectivity index (χ0n) is 30.9. The van der Waals surface area contributed by atoms with Crippen LogP contribution in [0.2, 0.25) is 0 Å². The molecular formula is C41H83NO3. The fourth-order valence-electron chi connectivity index (χ4n) is 6.68. The fourth-order valence-corrected chi connectivity index (χ4v) is 6.68. The number of aliphatic hydroxyl groups is 2. The first kappa shape index (κ1) is 44.4. The van der Waals surface area contributed by atoms with Crippen LogP contribution in [0.5, 0.6) is 0 Å². The van der Waals surface area contributed by atoms with Crippen LogP contribution in [0.1, 0.15) is 239 Å². The van der Waals surface area contributed by atoms with E-state index in [4.69, 9.17) is 0 Å². The van der Waals surface area contributed by atoms with Crippen LogP contribution in [0, 0.1) is 0 Å². The Morgan fingerprint density at radius 1 is 0.444 bits per heavy atom. The molecular weight excluding hydrogens is 554 g/mol. The summed E-state index contributed by atoms with van der Waals surface area (Å²) in [7, 11) is 0. The van der Waals surface area contributed by atoms with Gasteiger partial charge in [-0.1, -0.05) is 226 Å². The fraction of sp³-hybridized carbons (Fsp3) is 0.976. The number of hydrogen-bond donors (Lipinski definition) is 3. The molecule has 4 heteroatoms. The lowest BCUT2D eigenvalue weighted by atomic mass is 10.0. The lowest BCUT2D eigenvalue weighted by molar-refractivity contribution is -0.122. The number of hydrogen-bond acceptors (Lipinski definition) is 3. The zero-order chi connectivity index (χ0) is 32.9. The Morgan fingerprint density at radius 3 is 0.911 bits per heavy atom. The molecule has 0 aromatic heterocycles. The molecule has 2 atom stereocenters. The van der Waals surface area contributed by atoms with Crippen molar-refractivity contribution < 1.29 is 15.0 Å². The van der Waals surface area contributed by atoms with E-state index in [1.807, 2.05) is 0 Å². The van der Waals surface area contributed by atoms with Crippen molar-refractivity contribution in [1.82, 2.24) is 5.32 Å². The third-order valence-electron chi connectivity index (χ3n) is 9.93. The molecule has 0 aromatic rings. The minimum Gasteiger partial charge on any atom is -0.394 e. The monoisotopic (exact) mass is 638 g/mol. The van der Waals surface area contributed by atoms with E-state index < -0.39 is 12.1 Å². The summed E-state index contributed by atoms with van der Waals surface area (Å²) in [5, 5.41) is 22.3. The van der Waals surface area contributed by atoms with Crippen LogP contribution < -0.4 is 5.32 Å². The number of rotatable bonds is 38. The smallest absolute Gasteiger partial charge is 0.220 e. The highest BCUT2D eigenvalue weighted by molar-refractivity contribution is 5.75. The maximum Gasteiger partial charge on any atom is 0.220 e. The Hall–Kier alpha value is -0.610. The lowest BCUT2D eigenvalue weighted by Crippen LogP contribution is -2.45. The van der Waals surface area contributed by atoms with Gasteiger partial charge in [0.1, 0.15) is 0 Å². The molecule has 0 radical (unpaired) electrons. The summed E-state index contributed by atoms with van der Waals surface area (Å²) in [6.07, 6.45) is 46.8. The molecule has 0 spiro atoms. The van der Waals surface area contributed by atoms with Crippen LogP contribution in [0.25, 0.3) is 0 Å². The number of carbonyl (C=O) groups is 1. The van der Waals surface area contributed by atoms with Gasteiger partial charge in [-0.2, -0.15) is 0 Å². The van der Waals surface area contributed by atoms with Crippen LogP contribution >= 0.6 is 0 Å². The maximum absolute atomic E-state index is 11.5. The first-order valence-electron chi connectivity index (χ1n) is 20.7. The second kappa shape index (κ2) is 37.8. The molecule has 0 saturated heterocycles. The van der Waals surface area contributed by atoms with Crippen molar-refractivity contribution in [3.8, 4) is 0 Å². The van der Waals surface area contributed by atoms with Crippen LogP contribution in [0.3, 0.4) is 0 Å². The third kappa shape index (κ3) is 34.5. The number of amides is 1. The molecule has 0 bridgehead atoms. The van der Waals surface area contributed by atoms with Crippen molar-refractivity contribution in [1.29, 1.82) is 0 Å². The summed E-state index contributed by atoms with van der Waals surface area (Å²) in [6.45, 7) is 3.88. The van der Waals surface area contributed by atoms with Crippen LogP contribution in [-0.4, -0.2) is 34.9 Å². The Morgan fingerprint density at radius 2 is 0.689 bits per heavy atom. The van der Waals surface area contributed by atoms with E-state index in [1.54, 1.807) is 6.92 Å². The van der Waals surface area contributed by atoms with Crippen molar-refractivity contribution >= 4 is 5.91 Å². The van der Waals surface area contributed by atoms with Crippen LogP contribution in [0.4, 0.5) is 0 Å². The SMILES string of the molecule is CCCCCCCCCCCCCCCCCCCCCCCCCCCCCCCCCCCC(O)C(CO)NC(=O)CC. The lowest BCUT2D eigenvalue weighted by Gasteiger charge is -2.22. The van der Waals surface area contributed by atoms with Crippen molar-refractivity contribution in [3.05, 3.63) is 0 Å². The maximum atomic E-state index is 11.5. The quantitative estimate of drug-likeness (QED) is 0.0590. The molecule has 45 heavy (non-hydrogen) atoms. The summed E-state index contributed by atoms with van der Waals surface area (Å²) in [5.74, 6) is -0.116. The number of unbranched alkanes of at least 4 members (excludes halogenated alkanes) is 32. The number of aliphatic hydroxyl groups excluding tert-OH is 2. The summed E-state index contributed by atoms with van der Waals surface area (Å²) in [6, 6.07) is -0.527. The second-order valence-electron chi connectivity index (χ2n) is 14.4. The van der Waals surface area contributed by atoms with Gasteiger partial charge in [0.05, 0.1) is 18.8 Å². The molecule has 0 aliphatic heterocycles. The first-order valence-corrected chi connectivity index (χ1v) is 20.7. The van der Waals surface area contributed by atoms with Gasteiger partial charge in [0.15, 0.2) is 0 Å². The van der Waals surface area contributed by atoms with Gasteiger partial charge in [-0.3, -0.25) is 4.79 Å². The molecule has 2 unspecified atom stereocenters. The summed E-state index contributed by atoms with van der Waals surface area (Å²) in [4.78, 5) is 11.5. The Kier molecular flexibility index (Phi) is 37.3. The van der Waals surface area contributed by atoms with Gasteiger partial charge in [0, 0.05) is 6.42 Å². The van der Waals surface area contributed by atoms with Crippen molar-refractivity contribution in [2.75, 3.05) is 6.61 Å². The topological polar surface area (TPSA) is 69.6 Å². The van der Waals surface area contributed by atoms with Crippen LogP contribution in [0.15, 0.2) is 0 Å². The van der Waals surface area contributed by atoms with E-state index in [1.165, 1.54) is 199 Å². The number of carbonyl (C=O) groups excluding carboxylic acids is 1. The van der Waals surface area contributed by atoms with Gasteiger partial charge in [0.2, 0.25) is 5.91 Å². The van der Waals surface area contributed by atoms with Gasteiger partial charge in [-0.05, 0) is 6.42 Å². The average molecular weight is 638 g/mol. The molecule has 0 aliphatic carbocycles. The van der Waals surface area contributed by atoms with Gasteiger partial charge in [0.25, 0.3) is 0 Å². The van der Waals surface area contributed by atoms with E-state index in [2.05, 4.69) is 12.2 Å². The molecule has 1 amide bonds. The molecule has 0 saturated carbocycles. The zero-order valence-corrected chi connectivity index (χ0v) is 30.9. The van der Waals surface area contributed by atoms with Crippen molar-refractivity contribution in [2.45, 2.75) is 251 Å². The summed E-state index contributed by atoms with van der Waals surface area (Å²) < 4.78 is 0. The standard InChI is InChI=1S/C41H83NO3/c1-3-5-6-7-8-9-10-11-12-13-14-15-16-17-18-19-20-21-22-23-24-25-26-27-28-29-30-31-32-33-34-35-36-37-40(44)39(38-43)42-41(45)4-2/h39-40,43-44H,3-38H2,1-2H3,(H,42,45). The van der Waals surface area contributed by atoms with Crippen molar-refractivity contribution in [3.63, 3.8) is 0 Å². The van der Waals surface area contributed by atoms with E-state index >= 15 is 0 Å². The molecule has 0 fully saturated rings. The van der Waals surface area contributed by atoms with E-state index in [0.29, 0.717) is 12.8 Å². The van der Waals surface area contributed by atoms with E-state index in [9.17, 15) is 15.0 Å². The molecule has 0 aliphatic rings. The Balaban J connectivity index is 3.17. The van der Waals surface area contributed by atoms with Gasteiger partial charge in [-0.15, -0.1) is 0 Å². The molecule has 0 rings (SSSR count). The third-order valence-corrected chi connectivity index (χ3v) is 9.93. The molecule has 4 nitrogen and oxygen atoms in total. The van der Waals surface area contributed by atoms with E-state index in [-0.39, 0.29) is 12.5 Å². The molecule has 0 heterocycles. The predicted molar refractivity (Wildman–Crippen MR) is 198 cm³/mol. The molecule has 3 N–H and O–H groups in total. The van der Waals surface area contributed by atoms with Gasteiger partial charge in [-0.25, -0.2) is 0 Å². The average Bonchev–Trinajstić information content (AvgIpc) is 3.05. The van der Waals surface area contributed by atoms with Gasteiger partial charge < -0.3 is 15.5 Å². The Labute approximate surface area is 283 Å². The highest BCUT2D eigenvalue weighted by Gasteiger charge is 2.19. The van der Waals surface area contributed by atoms with E-state index in [0.717, 1.165) is 12.8 Å². The normalized spacial score (nSPS) is 12.9. The number of nitrogens with one attached hydrogen (secondary N) is 1. The summed E-state index contributed by atoms with van der Waals surface area (Å²) in [5.41, 5.74) is 0.